The van der Waals surface area contributed by atoms with Gasteiger partial charge >= 0.3 is 0 Å². The second kappa shape index (κ2) is 5.38. The second-order valence-corrected chi connectivity index (χ2v) is 3.80. The summed E-state index contributed by atoms with van der Waals surface area (Å²) >= 11 is 0. The third-order valence-electron chi connectivity index (χ3n) is 2.46. The van der Waals surface area contributed by atoms with E-state index in [4.69, 9.17) is 5.73 Å². The van der Waals surface area contributed by atoms with Crippen LogP contribution in [0.1, 0.15) is 32.3 Å². The van der Waals surface area contributed by atoms with Gasteiger partial charge < -0.3 is 11.1 Å². The summed E-state index contributed by atoms with van der Waals surface area (Å²) < 4.78 is 0. The van der Waals surface area contributed by atoms with Gasteiger partial charge in [-0.1, -0.05) is 20.3 Å². The van der Waals surface area contributed by atoms with Crippen molar-refractivity contribution in [3.63, 3.8) is 0 Å². The maximum atomic E-state index is 11.4. The van der Waals surface area contributed by atoms with Gasteiger partial charge in [-0.25, -0.2) is 0 Å². The Kier molecular flexibility index (Phi) is 4.15. The lowest BCUT2D eigenvalue weighted by Crippen LogP contribution is -2.24. The molecule has 1 aromatic rings. The largest absolute Gasteiger partial charge is 0.384 e. The number of rotatable bonds is 5. The van der Waals surface area contributed by atoms with E-state index in [0.717, 1.165) is 12.0 Å². The van der Waals surface area contributed by atoms with Crippen molar-refractivity contribution in [3.05, 3.63) is 11.8 Å². The molecule has 1 aromatic heterocycles. The van der Waals surface area contributed by atoms with Crippen molar-refractivity contribution in [1.29, 1.82) is 0 Å². The standard InChI is InChI=1S/C10H18N4O/c1-3-7(2)4-9(15)12-5-8-6-13-14-10(8)11/h6-7H,3-5H2,1-2H3,(H,12,15)(H3,11,13,14). The number of anilines is 1. The molecule has 0 radical (unpaired) electrons. The molecular weight excluding hydrogens is 192 g/mol. The van der Waals surface area contributed by atoms with Gasteiger partial charge in [0.2, 0.25) is 5.91 Å². The minimum Gasteiger partial charge on any atom is -0.384 e. The van der Waals surface area contributed by atoms with Gasteiger partial charge in [-0.05, 0) is 5.92 Å². The highest BCUT2D eigenvalue weighted by Gasteiger charge is 2.08. The summed E-state index contributed by atoms with van der Waals surface area (Å²) in [5.74, 6) is 0.996. The number of carbonyl (C=O) groups is 1. The molecule has 84 valence electrons. The van der Waals surface area contributed by atoms with E-state index < -0.39 is 0 Å². The fourth-order valence-electron chi connectivity index (χ4n) is 1.19. The first-order valence-corrected chi connectivity index (χ1v) is 5.17. The Morgan fingerprint density at radius 3 is 3.00 bits per heavy atom. The zero-order valence-electron chi connectivity index (χ0n) is 9.21. The number of hydrogen-bond acceptors (Lipinski definition) is 3. The zero-order chi connectivity index (χ0) is 11.3. The molecule has 0 fully saturated rings. The number of aromatic nitrogens is 2. The van der Waals surface area contributed by atoms with Gasteiger partial charge in [0, 0.05) is 18.5 Å². The topological polar surface area (TPSA) is 83.8 Å². The predicted molar refractivity (Wildman–Crippen MR) is 58.9 cm³/mol. The van der Waals surface area contributed by atoms with Crippen LogP contribution in [0.4, 0.5) is 5.82 Å². The molecule has 0 aliphatic rings. The normalized spacial score (nSPS) is 12.4. The molecule has 1 unspecified atom stereocenters. The number of H-pyrrole nitrogens is 1. The van der Waals surface area contributed by atoms with E-state index in [2.05, 4.69) is 29.4 Å². The van der Waals surface area contributed by atoms with Gasteiger partial charge in [0.1, 0.15) is 5.82 Å². The number of aromatic amines is 1. The van der Waals surface area contributed by atoms with Crippen LogP contribution >= 0.6 is 0 Å². The first-order chi connectivity index (χ1) is 7.13. The molecule has 15 heavy (non-hydrogen) atoms. The van der Waals surface area contributed by atoms with Crippen molar-refractivity contribution in [3.8, 4) is 0 Å². The maximum Gasteiger partial charge on any atom is 0.220 e. The van der Waals surface area contributed by atoms with Gasteiger partial charge in [0.25, 0.3) is 0 Å². The molecule has 4 N–H and O–H groups in total. The second-order valence-electron chi connectivity index (χ2n) is 3.80. The number of nitrogens with two attached hydrogens (primary N) is 1. The molecule has 0 aliphatic heterocycles. The number of amides is 1. The predicted octanol–water partition coefficient (Wildman–Crippen LogP) is 1.04. The summed E-state index contributed by atoms with van der Waals surface area (Å²) in [4.78, 5) is 11.4. The molecule has 1 amide bonds. The van der Waals surface area contributed by atoms with E-state index in [1.54, 1.807) is 6.20 Å². The Bertz CT molecular complexity index is 321. The molecule has 0 saturated heterocycles. The van der Waals surface area contributed by atoms with Crippen LogP contribution in [0.25, 0.3) is 0 Å². The molecule has 1 heterocycles. The summed E-state index contributed by atoms with van der Waals surface area (Å²) in [7, 11) is 0. The summed E-state index contributed by atoms with van der Waals surface area (Å²) in [5, 5.41) is 9.21. The smallest absolute Gasteiger partial charge is 0.220 e. The summed E-state index contributed by atoms with van der Waals surface area (Å²) in [6.45, 7) is 4.58. The van der Waals surface area contributed by atoms with Crippen LogP contribution in [-0.4, -0.2) is 16.1 Å². The fourth-order valence-corrected chi connectivity index (χ4v) is 1.19. The monoisotopic (exact) mass is 210 g/mol. The summed E-state index contributed by atoms with van der Waals surface area (Å²) in [6.07, 6.45) is 3.20. The lowest BCUT2D eigenvalue weighted by molar-refractivity contribution is -0.122. The highest BCUT2D eigenvalue weighted by molar-refractivity contribution is 5.76. The minimum absolute atomic E-state index is 0.0601. The number of hydrogen-bond donors (Lipinski definition) is 3. The van der Waals surface area contributed by atoms with Crippen LogP contribution in [0.2, 0.25) is 0 Å². The van der Waals surface area contributed by atoms with Crippen LogP contribution in [-0.2, 0) is 11.3 Å². The zero-order valence-corrected chi connectivity index (χ0v) is 9.21. The Labute approximate surface area is 89.4 Å². The van der Waals surface area contributed by atoms with E-state index in [1.165, 1.54) is 0 Å². The summed E-state index contributed by atoms with van der Waals surface area (Å²) in [5.41, 5.74) is 6.41. The quantitative estimate of drug-likeness (QED) is 0.679. The van der Waals surface area contributed by atoms with Crippen LogP contribution in [0.5, 0.6) is 0 Å². The van der Waals surface area contributed by atoms with Crippen molar-refractivity contribution in [2.45, 2.75) is 33.2 Å². The average Bonchev–Trinajstić information content (AvgIpc) is 2.61. The van der Waals surface area contributed by atoms with Crippen molar-refractivity contribution >= 4 is 11.7 Å². The van der Waals surface area contributed by atoms with Crippen molar-refractivity contribution < 1.29 is 4.79 Å². The van der Waals surface area contributed by atoms with Gasteiger partial charge in [-0.3, -0.25) is 9.89 Å². The van der Waals surface area contributed by atoms with Crippen LogP contribution in [0.3, 0.4) is 0 Å². The molecule has 0 aliphatic carbocycles. The highest BCUT2D eigenvalue weighted by atomic mass is 16.1. The van der Waals surface area contributed by atoms with Crippen molar-refractivity contribution in [2.75, 3.05) is 5.73 Å². The number of nitrogens with zero attached hydrogens (tertiary/aromatic N) is 1. The lowest BCUT2D eigenvalue weighted by Gasteiger charge is -2.08. The third kappa shape index (κ3) is 3.61. The van der Waals surface area contributed by atoms with Crippen LogP contribution in [0.15, 0.2) is 6.20 Å². The molecule has 5 heteroatoms. The van der Waals surface area contributed by atoms with E-state index in [1.807, 2.05) is 0 Å². The molecule has 0 aromatic carbocycles. The Morgan fingerprint density at radius 1 is 1.73 bits per heavy atom. The molecule has 0 bridgehead atoms. The maximum absolute atomic E-state index is 11.4. The van der Waals surface area contributed by atoms with Crippen molar-refractivity contribution in [2.24, 2.45) is 5.92 Å². The molecule has 1 atom stereocenters. The highest BCUT2D eigenvalue weighted by Crippen LogP contribution is 2.07. The number of nitrogens with one attached hydrogen (secondary N) is 2. The van der Waals surface area contributed by atoms with Gasteiger partial charge in [-0.15, -0.1) is 0 Å². The van der Waals surface area contributed by atoms with Crippen molar-refractivity contribution in [1.82, 2.24) is 15.5 Å². The van der Waals surface area contributed by atoms with E-state index in [9.17, 15) is 4.79 Å². The molecule has 5 nitrogen and oxygen atoms in total. The van der Waals surface area contributed by atoms with Crippen LogP contribution in [0, 0.1) is 5.92 Å². The van der Waals surface area contributed by atoms with E-state index in [0.29, 0.717) is 24.7 Å². The van der Waals surface area contributed by atoms with Crippen LogP contribution < -0.4 is 11.1 Å². The Balaban J connectivity index is 2.31. The minimum atomic E-state index is 0.0601. The SMILES string of the molecule is CCC(C)CC(=O)NCc1cn[nH]c1N. The molecule has 0 saturated carbocycles. The Hall–Kier alpha value is -1.52. The molecular formula is C10H18N4O. The van der Waals surface area contributed by atoms with Gasteiger partial charge in [-0.2, -0.15) is 5.10 Å². The van der Waals surface area contributed by atoms with E-state index in [-0.39, 0.29) is 5.91 Å². The molecule has 1 rings (SSSR count). The summed E-state index contributed by atoms with van der Waals surface area (Å²) in [6, 6.07) is 0. The average molecular weight is 210 g/mol. The first kappa shape index (κ1) is 11.6. The Morgan fingerprint density at radius 2 is 2.47 bits per heavy atom. The lowest BCUT2D eigenvalue weighted by atomic mass is 10.1. The number of carbonyl (C=O) groups excluding carboxylic acids is 1. The van der Waals surface area contributed by atoms with Gasteiger partial charge in [0.15, 0.2) is 0 Å². The third-order valence-corrected chi connectivity index (χ3v) is 2.46. The number of nitrogen functional groups attached to an aromatic ring is 1. The van der Waals surface area contributed by atoms with Gasteiger partial charge in [0.05, 0.1) is 6.20 Å². The van der Waals surface area contributed by atoms with E-state index >= 15 is 0 Å². The first-order valence-electron chi connectivity index (χ1n) is 5.17. The fraction of sp³-hybridized carbons (Fsp3) is 0.600. The molecule has 0 spiro atoms.